The molecule has 2 aliphatic rings. The van der Waals surface area contributed by atoms with Crippen LogP contribution in [0.4, 0.5) is 49.7 Å². The van der Waals surface area contributed by atoms with Gasteiger partial charge in [0.1, 0.15) is 40.9 Å². The van der Waals surface area contributed by atoms with E-state index in [4.69, 9.17) is 11.6 Å². The average Bonchev–Trinajstić information content (AvgIpc) is 3.40. The van der Waals surface area contributed by atoms with Gasteiger partial charge in [0.05, 0.1) is 27.7 Å². The summed E-state index contributed by atoms with van der Waals surface area (Å²) >= 11 is 7.77. The first-order valence-corrected chi connectivity index (χ1v) is 22.1. The number of fused-ring (bicyclic) bond motifs is 4. The van der Waals surface area contributed by atoms with E-state index in [1.54, 1.807) is 27.2 Å². The monoisotopic (exact) mass is 947 g/mol. The van der Waals surface area contributed by atoms with Crippen molar-refractivity contribution in [3.8, 4) is 23.0 Å². The van der Waals surface area contributed by atoms with Crippen LogP contribution in [0.5, 0.6) is 0 Å². The number of aromatic nitrogens is 5. The normalized spacial score (nSPS) is 19.0. The van der Waals surface area contributed by atoms with Crippen LogP contribution in [0.25, 0.3) is 22.0 Å². The van der Waals surface area contributed by atoms with E-state index in [0.717, 1.165) is 24.1 Å². The fraction of sp³-hybridized carbons (Fsp3) is 0.415. The van der Waals surface area contributed by atoms with Gasteiger partial charge in [0.15, 0.2) is 11.5 Å². The Balaban J connectivity index is 1.44. The van der Waals surface area contributed by atoms with Crippen molar-refractivity contribution in [2.45, 2.75) is 75.3 Å². The molecule has 0 spiro atoms. The van der Waals surface area contributed by atoms with Gasteiger partial charge in [-0.15, -0.1) is 0 Å². The summed E-state index contributed by atoms with van der Waals surface area (Å²) in [6.45, 7) is 1.82. The highest BCUT2D eigenvalue weighted by Crippen LogP contribution is 2.71. The number of carbonyl (C=O) groups excluding carboxylic acids is 1. The number of halogens is 11. The molecule has 5 atom stereocenters. The molecule has 0 bridgehead atoms. The first-order chi connectivity index (χ1) is 29.2. The molecular weight excluding hydrogens is 912 g/mol. The highest BCUT2D eigenvalue weighted by molar-refractivity contribution is 7.99. The van der Waals surface area contributed by atoms with Gasteiger partial charge in [0.2, 0.25) is 5.91 Å². The molecule has 0 saturated heterocycles. The summed E-state index contributed by atoms with van der Waals surface area (Å²) in [5.74, 6) is -4.64. The first-order valence-electron chi connectivity index (χ1n) is 19.0. The van der Waals surface area contributed by atoms with Crippen molar-refractivity contribution >= 4 is 57.0 Å². The zero-order valence-corrected chi connectivity index (χ0v) is 36.3. The van der Waals surface area contributed by atoms with Crippen LogP contribution in [0.1, 0.15) is 66.6 Å². The fourth-order valence-electron chi connectivity index (χ4n) is 8.04. The molecule has 1 saturated carbocycles. The van der Waals surface area contributed by atoms with Crippen LogP contribution in [0.2, 0.25) is 5.02 Å². The van der Waals surface area contributed by atoms with Crippen LogP contribution in [-0.2, 0) is 47.2 Å². The lowest BCUT2D eigenvalue weighted by molar-refractivity contribution is -0.143. The average molecular weight is 948 g/mol. The summed E-state index contributed by atoms with van der Waals surface area (Å²) < 4.78 is 160. The maximum Gasteiger partial charge on any atom is 0.435 e. The molecule has 0 radical (unpaired) electrons. The van der Waals surface area contributed by atoms with Gasteiger partial charge in [-0.05, 0) is 68.0 Å². The van der Waals surface area contributed by atoms with E-state index < -0.39 is 112 Å². The Bertz CT molecular complexity index is 2720. The number of hydrogen-bond acceptors (Lipinski definition) is 7. The first kappa shape index (κ1) is 46.2. The number of carbonyl (C=O) groups is 1. The largest absolute Gasteiger partial charge is 0.435 e. The van der Waals surface area contributed by atoms with Crippen LogP contribution in [0.15, 0.2) is 42.5 Å². The Morgan fingerprint density at radius 2 is 1.68 bits per heavy atom. The summed E-state index contributed by atoms with van der Waals surface area (Å²) in [5, 5.41) is 10.4. The van der Waals surface area contributed by atoms with E-state index in [1.165, 1.54) is 41.8 Å². The highest BCUT2D eigenvalue weighted by Gasteiger charge is 2.72. The molecule has 5 unspecified atom stereocenters. The molecule has 9 nitrogen and oxygen atoms in total. The minimum atomic E-state index is -5.14. The van der Waals surface area contributed by atoms with Gasteiger partial charge in [-0.1, -0.05) is 42.5 Å². The second-order valence-electron chi connectivity index (χ2n) is 15.8. The maximum atomic E-state index is 15.7. The molecule has 5 aromatic rings. The summed E-state index contributed by atoms with van der Waals surface area (Å²) in [4.78, 5) is 18.8. The second kappa shape index (κ2) is 16.3. The fourth-order valence-corrected chi connectivity index (χ4v) is 8.77. The minimum absolute atomic E-state index is 0.0127. The van der Waals surface area contributed by atoms with E-state index in [2.05, 4.69) is 32.3 Å². The van der Waals surface area contributed by atoms with Gasteiger partial charge in [0, 0.05) is 65.0 Å². The number of rotatable bonds is 11. The van der Waals surface area contributed by atoms with Gasteiger partial charge in [-0.2, -0.15) is 45.3 Å². The maximum absolute atomic E-state index is 15.7. The number of benzene rings is 2. The van der Waals surface area contributed by atoms with Gasteiger partial charge in [-0.25, -0.2) is 13.8 Å². The molecule has 22 heteroatoms. The molecule has 0 aliphatic heterocycles. The number of alkyl halides is 8. The van der Waals surface area contributed by atoms with Crippen molar-refractivity contribution in [2.75, 3.05) is 23.9 Å². The topological polar surface area (TPSA) is 97.9 Å². The van der Waals surface area contributed by atoms with Crippen molar-refractivity contribution in [1.29, 1.82) is 0 Å². The summed E-state index contributed by atoms with van der Waals surface area (Å²) in [7, 11) is 0.0695. The lowest BCUT2D eigenvalue weighted by Crippen LogP contribution is -2.35. The molecule has 336 valence electrons. The molecular formula is C41H36ClF10N7O2S2. The standard InChI is InChI=1S/C41H36ClF10N7O2S2/c1-19-29-31-35(41(50,51)52)55-58(36(31)40(48,49)32(19)29)17-28(60)54-27(15-20-13-21(43)16-22(44)14-20)33-24(8-7-23(53-33)11-12-38(2,3)63(6)61)25-9-10-26(42)30-34(25)59(18-39(45,46)47)56-37(30)57(4)62-5/h7-10,13-14,16,19,27,29,32H,15,17-18H2,1-6H3,(H,54,60). The SMILES string of the molecule is CSN(C)c1nn(CC(F)(F)F)c2c(-c3ccc(C#CC(C)(C)S(C)=O)nc3C(Cc3cc(F)cc(F)c3)NC(=O)Cn3nc(C(F)(F)F)c4c3C(F)(F)C3C(C)C43)ccc(Cl)c12. The number of nitrogens with zero attached hydrogens (tertiary/aromatic N) is 6. The highest BCUT2D eigenvalue weighted by atomic mass is 35.5. The quantitative estimate of drug-likeness (QED) is 0.0801. The van der Waals surface area contributed by atoms with E-state index in [9.17, 15) is 44.1 Å². The molecule has 7 rings (SSSR count). The van der Waals surface area contributed by atoms with Crippen molar-refractivity contribution in [3.63, 3.8) is 0 Å². The molecule has 3 heterocycles. The van der Waals surface area contributed by atoms with Crippen LogP contribution in [0, 0.1) is 35.3 Å². The summed E-state index contributed by atoms with van der Waals surface area (Å²) in [6, 6.07) is 6.46. The molecule has 2 aromatic carbocycles. The lowest BCUT2D eigenvalue weighted by atomic mass is 9.93. The van der Waals surface area contributed by atoms with Crippen molar-refractivity contribution in [1.82, 2.24) is 29.9 Å². The number of pyridine rings is 1. The zero-order chi connectivity index (χ0) is 46.3. The Morgan fingerprint density at radius 1 is 1.03 bits per heavy atom. The predicted molar refractivity (Wildman–Crippen MR) is 218 cm³/mol. The third-order valence-electron chi connectivity index (χ3n) is 11.2. The van der Waals surface area contributed by atoms with Gasteiger partial charge in [-0.3, -0.25) is 18.4 Å². The molecule has 1 amide bonds. The molecule has 1 N–H and O–H groups in total. The number of amides is 1. The van der Waals surface area contributed by atoms with Crippen LogP contribution < -0.4 is 9.62 Å². The third-order valence-corrected chi connectivity index (χ3v) is 13.8. The van der Waals surface area contributed by atoms with Crippen LogP contribution >= 0.6 is 23.5 Å². The third kappa shape index (κ3) is 8.86. The van der Waals surface area contributed by atoms with Crippen molar-refractivity contribution in [2.24, 2.45) is 11.8 Å². The molecule has 2 aliphatic carbocycles. The van der Waals surface area contributed by atoms with Crippen LogP contribution in [-0.4, -0.2) is 65.1 Å². The second-order valence-corrected chi connectivity index (χ2v) is 19.1. The number of hydrogen-bond donors (Lipinski definition) is 1. The zero-order valence-electron chi connectivity index (χ0n) is 33.9. The Kier molecular flexibility index (Phi) is 12.0. The Labute approximate surface area is 365 Å². The molecule has 3 aromatic heterocycles. The number of nitrogens with one attached hydrogen (secondary N) is 1. The minimum Gasteiger partial charge on any atom is -0.346 e. The van der Waals surface area contributed by atoms with E-state index in [-0.39, 0.29) is 49.8 Å². The lowest BCUT2D eigenvalue weighted by Gasteiger charge is -2.23. The molecule has 1 fully saturated rings. The number of anilines is 1. The summed E-state index contributed by atoms with van der Waals surface area (Å²) in [6.07, 6.45) is -7.38. The van der Waals surface area contributed by atoms with Gasteiger partial charge in [0.25, 0.3) is 5.92 Å². The Morgan fingerprint density at radius 3 is 2.29 bits per heavy atom. The van der Waals surface area contributed by atoms with Crippen molar-refractivity contribution < 1.29 is 52.9 Å². The van der Waals surface area contributed by atoms with E-state index in [0.29, 0.717) is 15.4 Å². The smallest absolute Gasteiger partial charge is 0.346 e. The van der Waals surface area contributed by atoms with Gasteiger partial charge < -0.3 is 9.62 Å². The van der Waals surface area contributed by atoms with E-state index >= 15 is 8.78 Å². The molecule has 63 heavy (non-hydrogen) atoms. The summed E-state index contributed by atoms with van der Waals surface area (Å²) in [5.41, 5.74) is -3.67. The van der Waals surface area contributed by atoms with Crippen LogP contribution in [0.3, 0.4) is 0 Å². The predicted octanol–water partition coefficient (Wildman–Crippen LogP) is 9.59. The van der Waals surface area contributed by atoms with E-state index in [1.807, 2.05) is 0 Å². The van der Waals surface area contributed by atoms with Crippen molar-refractivity contribution in [3.05, 3.63) is 93.0 Å². The Hall–Kier alpha value is -4.81. The van der Waals surface area contributed by atoms with Gasteiger partial charge >= 0.3 is 12.4 Å².